The summed E-state index contributed by atoms with van der Waals surface area (Å²) < 4.78 is 0. The summed E-state index contributed by atoms with van der Waals surface area (Å²) in [5, 5.41) is 8.63. The van der Waals surface area contributed by atoms with Crippen molar-refractivity contribution in [2.24, 2.45) is 0 Å². The number of benzene rings is 1. The van der Waals surface area contributed by atoms with Gasteiger partial charge in [0.2, 0.25) is 0 Å². The molecule has 0 aliphatic heterocycles. The van der Waals surface area contributed by atoms with Crippen LogP contribution in [0.25, 0.3) is 0 Å². The highest BCUT2D eigenvalue weighted by Crippen LogP contribution is 2.24. The molecule has 0 radical (unpaired) electrons. The van der Waals surface area contributed by atoms with Gasteiger partial charge in [-0.15, -0.1) is 0 Å². The molecule has 4 nitrogen and oxygen atoms in total. The molecule has 0 amide bonds. The van der Waals surface area contributed by atoms with E-state index in [4.69, 9.17) is 5.11 Å². The van der Waals surface area contributed by atoms with E-state index in [9.17, 15) is 4.79 Å². The van der Waals surface area contributed by atoms with Crippen LogP contribution < -0.4 is 4.90 Å². The van der Waals surface area contributed by atoms with Crippen LogP contribution in [-0.2, 0) is 4.79 Å². The van der Waals surface area contributed by atoms with Gasteiger partial charge in [0.05, 0.1) is 0 Å². The van der Waals surface area contributed by atoms with Crippen molar-refractivity contribution in [2.45, 2.75) is 58.3 Å². The Morgan fingerprint density at radius 3 is 2.19 bits per heavy atom. The average Bonchev–Trinajstić information content (AvgIpc) is 2.65. The van der Waals surface area contributed by atoms with E-state index in [1.54, 1.807) is 0 Å². The van der Waals surface area contributed by atoms with Gasteiger partial charge >= 0.3 is 5.97 Å². The van der Waals surface area contributed by atoms with Gasteiger partial charge in [0.15, 0.2) is 0 Å². The predicted octanol–water partition coefficient (Wildman–Crippen LogP) is 5.73. The van der Waals surface area contributed by atoms with Crippen LogP contribution in [0.3, 0.4) is 0 Å². The van der Waals surface area contributed by atoms with E-state index in [1.165, 1.54) is 30.5 Å². The Kier molecular flexibility index (Phi) is 8.67. The first-order chi connectivity index (χ1) is 12.7. The number of carboxylic acid groups (broad SMARTS) is 1. The highest BCUT2D eigenvalue weighted by molar-refractivity contribution is 5.66. The van der Waals surface area contributed by atoms with Gasteiger partial charge in [0, 0.05) is 24.8 Å². The molecule has 0 saturated heterocycles. The number of pyridine rings is 1. The molecular weight excluding hydrogens is 324 g/mol. The topological polar surface area (TPSA) is 53.4 Å². The number of aliphatic carboxylic acids is 1. The lowest BCUT2D eigenvalue weighted by molar-refractivity contribution is -0.137. The van der Waals surface area contributed by atoms with Crippen molar-refractivity contribution in [3.8, 4) is 0 Å². The lowest BCUT2D eigenvalue weighted by Gasteiger charge is -2.24. The van der Waals surface area contributed by atoms with Gasteiger partial charge in [-0.1, -0.05) is 55.9 Å². The molecule has 0 atom stereocenters. The van der Waals surface area contributed by atoms with Crippen molar-refractivity contribution in [1.29, 1.82) is 0 Å². The highest BCUT2D eigenvalue weighted by atomic mass is 16.4. The monoisotopic (exact) mass is 354 g/mol. The largest absolute Gasteiger partial charge is 0.481 e. The molecule has 0 unspecified atom stereocenters. The zero-order valence-electron chi connectivity index (χ0n) is 15.7. The molecule has 1 aromatic heterocycles. The Bertz CT molecular complexity index is 641. The van der Waals surface area contributed by atoms with Crippen molar-refractivity contribution < 1.29 is 9.90 Å². The first-order valence-electron chi connectivity index (χ1n) is 9.64. The highest BCUT2D eigenvalue weighted by Gasteiger charge is 2.09. The van der Waals surface area contributed by atoms with Gasteiger partial charge < -0.3 is 10.0 Å². The van der Waals surface area contributed by atoms with Crippen LogP contribution in [0.5, 0.6) is 0 Å². The molecule has 4 heteroatoms. The number of nitrogens with zero attached hydrogens (tertiary/aromatic N) is 2. The molecule has 0 fully saturated rings. The van der Waals surface area contributed by atoms with Gasteiger partial charge in [-0.25, -0.2) is 4.98 Å². The fourth-order valence-electron chi connectivity index (χ4n) is 3.04. The van der Waals surface area contributed by atoms with E-state index in [0.717, 1.165) is 38.0 Å². The van der Waals surface area contributed by atoms with Crippen LogP contribution in [0.1, 0.15) is 56.9 Å². The van der Waals surface area contributed by atoms with Crippen molar-refractivity contribution in [3.05, 3.63) is 54.2 Å². The molecule has 2 aromatic rings. The van der Waals surface area contributed by atoms with Crippen molar-refractivity contribution in [3.63, 3.8) is 0 Å². The van der Waals surface area contributed by atoms with Gasteiger partial charge in [0.1, 0.15) is 5.82 Å². The third-order valence-electron chi connectivity index (χ3n) is 4.54. The van der Waals surface area contributed by atoms with E-state index < -0.39 is 5.97 Å². The lowest BCUT2D eigenvalue weighted by Crippen LogP contribution is -2.19. The third-order valence-corrected chi connectivity index (χ3v) is 4.54. The minimum atomic E-state index is -0.685. The molecule has 0 bridgehead atoms. The molecule has 26 heavy (non-hydrogen) atoms. The maximum atomic E-state index is 10.5. The summed E-state index contributed by atoms with van der Waals surface area (Å²) >= 11 is 0. The number of unbranched alkanes of at least 4 members (excludes halogenated alkanes) is 6. The molecule has 0 aliphatic carbocycles. The maximum absolute atomic E-state index is 10.5. The summed E-state index contributed by atoms with van der Waals surface area (Å²) in [5.74, 6) is 0.306. The van der Waals surface area contributed by atoms with Crippen LogP contribution in [0, 0.1) is 6.92 Å². The second-order valence-corrected chi connectivity index (χ2v) is 6.79. The fraction of sp³-hybridized carbons (Fsp3) is 0.455. The maximum Gasteiger partial charge on any atom is 0.303 e. The van der Waals surface area contributed by atoms with E-state index in [1.807, 2.05) is 18.3 Å². The second-order valence-electron chi connectivity index (χ2n) is 6.79. The smallest absolute Gasteiger partial charge is 0.303 e. The Hall–Kier alpha value is -2.36. The van der Waals surface area contributed by atoms with Crippen LogP contribution in [0.15, 0.2) is 48.7 Å². The van der Waals surface area contributed by atoms with Crippen LogP contribution in [0.2, 0.25) is 0 Å². The third kappa shape index (κ3) is 7.26. The fourth-order valence-corrected chi connectivity index (χ4v) is 3.04. The molecule has 140 valence electrons. The number of rotatable bonds is 12. The summed E-state index contributed by atoms with van der Waals surface area (Å²) in [5.41, 5.74) is 2.44. The number of carbonyl (C=O) groups is 1. The first-order valence-corrected chi connectivity index (χ1v) is 9.64. The number of carboxylic acids is 1. The molecular formula is C22H30N2O2. The Labute approximate surface area is 156 Å². The number of aromatic nitrogens is 1. The summed E-state index contributed by atoms with van der Waals surface area (Å²) in [4.78, 5) is 17.3. The van der Waals surface area contributed by atoms with Gasteiger partial charge in [-0.3, -0.25) is 4.79 Å². The van der Waals surface area contributed by atoms with Gasteiger partial charge in [-0.2, -0.15) is 0 Å². The van der Waals surface area contributed by atoms with Crippen LogP contribution in [-0.4, -0.2) is 22.6 Å². The minimum Gasteiger partial charge on any atom is -0.481 e. The van der Waals surface area contributed by atoms with E-state index in [-0.39, 0.29) is 0 Å². The SMILES string of the molecule is Cc1ccc(N(CCCCCCCCCC(=O)O)c2ccccn2)cc1. The van der Waals surface area contributed by atoms with Crippen LogP contribution in [0.4, 0.5) is 11.5 Å². The van der Waals surface area contributed by atoms with E-state index in [2.05, 4.69) is 47.1 Å². The van der Waals surface area contributed by atoms with E-state index >= 15 is 0 Å². The Morgan fingerprint density at radius 1 is 0.923 bits per heavy atom. The molecule has 0 aliphatic rings. The first kappa shape index (κ1) is 20.0. The number of aryl methyl sites for hydroxylation is 1. The van der Waals surface area contributed by atoms with Gasteiger partial charge in [-0.05, 0) is 44.0 Å². The molecule has 0 saturated carbocycles. The summed E-state index contributed by atoms with van der Waals surface area (Å²) in [6, 6.07) is 14.6. The minimum absolute atomic E-state index is 0.301. The molecule has 1 heterocycles. The molecule has 2 rings (SSSR count). The van der Waals surface area contributed by atoms with Crippen molar-refractivity contribution in [1.82, 2.24) is 4.98 Å². The lowest BCUT2D eigenvalue weighted by atomic mass is 10.1. The zero-order chi connectivity index (χ0) is 18.6. The standard InChI is InChI=1S/C22H30N2O2/c1-19-13-15-20(16-14-19)24(21-11-8-9-17-23-21)18-10-6-4-2-3-5-7-12-22(25)26/h8-9,11,13-17H,2-7,10,12,18H2,1H3,(H,25,26). The van der Waals surface area contributed by atoms with E-state index in [0.29, 0.717) is 6.42 Å². The van der Waals surface area contributed by atoms with Crippen molar-refractivity contribution in [2.75, 3.05) is 11.4 Å². The number of anilines is 2. The molecule has 0 spiro atoms. The zero-order valence-corrected chi connectivity index (χ0v) is 15.7. The molecule has 1 N–H and O–H groups in total. The average molecular weight is 354 g/mol. The predicted molar refractivity (Wildman–Crippen MR) is 107 cm³/mol. The summed E-state index contributed by atoms with van der Waals surface area (Å²) in [6.45, 7) is 3.06. The number of hydrogen-bond donors (Lipinski definition) is 1. The number of hydrogen-bond acceptors (Lipinski definition) is 3. The quantitative estimate of drug-likeness (QED) is 0.494. The van der Waals surface area contributed by atoms with Crippen LogP contribution >= 0.6 is 0 Å². The summed E-state index contributed by atoms with van der Waals surface area (Å²) in [6.07, 6.45) is 9.81. The normalized spacial score (nSPS) is 10.7. The second kappa shape index (κ2) is 11.3. The van der Waals surface area contributed by atoms with Crippen molar-refractivity contribution >= 4 is 17.5 Å². The summed E-state index contributed by atoms with van der Waals surface area (Å²) in [7, 11) is 0. The Morgan fingerprint density at radius 2 is 1.58 bits per heavy atom. The molecule has 1 aromatic carbocycles. The van der Waals surface area contributed by atoms with Gasteiger partial charge in [0.25, 0.3) is 0 Å². The Balaban J connectivity index is 1.76.